The number of nitrogens with one attached hydrogen (secondary N) is 2. The molecule has 0 radical (unpaired) electrons. The molecule has 1 fully saturated rings. The number of H-pyrrole nitrogens is 1. The predicted molar refractivity (Wildman–Crippen MR) is 204 cm³/mol. The van der Waals surface area contributed by atoms with Crippen molar-refractivity contribution in [2.45, 2.75) is 65.7 Å². The molecule has 3 aromatic heterocycles. The molecular weight excluding hydrogens is 670 g/mol. The lowest BCUT2D eigenvalue weighted by molar-refractivity contribution is -0.132. The number of aromatic nitrogens is 6. The number of nitrogens with zero attached hydrogens (tertiary/aromatic N) is 7. The Morgan fingerprint density at radius 1 is 1.04 bits per heavy atom. The van der Waals surface area contributed by atoms with Gasteiger partial charge in [0.25, 0.3) is 0 Å². The quantitative estimate of drug-likeness (QED) is 0.163. The van der Waals surface area contributed by atoms with Crippen LogP contribution >= 0.6 is 0 Å². The second kappa shape index (κ2) is 14.6. The first-order valence-corrected chi connectivity index (χ1v) is 18.2. The van der Waals surface area contributed by atoms with Crippen LogP contribution in [-0.2, 0) is 16.1 Å². The second-order valence-corrected chi connectivity index (χ2v) is 15.3. The lowest BCUT2D eigenvalue weighted by Crippen LogP contribution is -2.43. The van der Waals surface area contributed by atoms with Gasteiger partial charge in [0.05, 0.1) is 35.7 Å². The highest BCUT2D eigenvalue weighted by Gasteiger charge is 2.41. The zero-order chi connectivity index (χ0) is 37.3. The summed E-state index contributed by atoms with van der Waals surface area (Å²) in [5.41, 5.74) is 4.86. The summed E-state index contributed by atoms with van der Waals surface area (Å²) in [5, 5.41) is 26.2. The van der Waals surface area contributed by atoms with E-state index >= 15 is 0 Å². The standard InChI is InChI=1S/C40H47N9O4/c1-26(2)53-34-13-10-30(21-41-34)36-32-20-31(11-12-33(32)44-45-36)43-38(51)40(5)16-19-47(24-40)22-35(50)48-17-14-28(15-18-48)27-6-8-29(9-7-27)37-42-25-49(46-37)23-39(3,4)52/h6-14,20-21,25-26,52H,15-19,22-24H2,1-5H3,(H,43,51)(H,44,45)/t40-/m1/s1. The molecular formula is C40H47N9O4. The topological polar surface area (TPSA) is 154 Å². The molecule has 0 saturated carbocycles. The van der Waals surface area contributed by atoms with Crippen molar-refractivity contribution in [3.63, 3.8) is 0 Å². The summed E-state index contributed by atoms with van der Waals surface area (Å²) < 4.78 is 7.33. The molecule has 1 saturated heterocycles. The maximum absolute atomic E-state index is 13.6. The molecule has 0 bridgehead atoms. The van der Waals surface area contributed by atoms with E-state index in [9.17, 15) is 14.7 Å². The monoisotopic (exact) mass is 717 g/mol. The van der Waals surface area contributed by atoms with E-state index in [0.29, 0.717) is 56.5 Å². The lowest BCUT2D eigenvalue weighted by Gasteiger charge is -2.29. The Morgan fingerprint density at radius 2 is 1.81 bits per heavy atom. The minimum atomic E-state index is -0.871. The Bertz CT molecular complexity index is 2130. The number of aliphatic hydroxyl groups is 1. The van der Waals surface area contributed by atoms with Crippen LogP contribution in [0.1, 0.15) is 53.0 Å². The number of hydrogen-bond donors (Lipinski definition) is 3. The molecule has 0 spiro atoms. The summed E-state index contributed by atoms with van der Waals surface area (Å²) >= 11 is 0. The molecule has 5 heterocycles. The number of carbonyl (C=O) groups excluding carboxylic acids is 2. The van der Waals surface area contributed by atoms with E-state index in [4.69, 9.17) is 4.74 Å². The summed E-state index contributed by atoms with van der Waals surface area (Å²) in [5.74, 6) is 1.18. The summed E-state index contributed by atoms with van der Waals surface area (Å²) in [6, 6.07) is 17.6. The highest BCUT2D eigenvalue weighted by Crippen LogP contribution is 2.34. The van der Waals surface area contributed by atoms with Crippen molar-refractivity contribution < 1.29 is 19.4 Å². The Balaban J connectivity index is 0.919. The molecule has 7 rings (SSSR count). The fourth-order valence-corrected chi connectivity index (χ4v) is 6.98. The average molecular weight is 718 g/mol. The molecule has 2 aromatic carbocycles. The van der Waals surface area contributed by atoms with Gasteiger partial charge in [-0.25, -0.2) is 14.6 Å². The number of benzene rings is 2. The van der Waals surface area contributed by atoms with Crippen LogP contribution in [0.15, 0.2) is 73.2 Å². The van der Waals surface area contributed by atoms with Crippen LogP contribution in [0.4, 0.5) is 5.69 Å². The van der Waals surface area contributed by atoms with Crippen LogP contribution in [0.3, 0.4) is 0 Å². The first-order valence-electron chi connectivity index (χ1n) is 18.2. The van der Waals surface area contributed by atoms with Crippen molar-refractivity contribution in [3.05, 3.63) is 78.8 Å². The Morgan fingerprint density at radius 3 is 2.51 bits per heavy atom. The van der Waals surface area contributed by atoms with Gasteiger partial charge in [-0.15, -0.1) is 0 Å². The molecule has 13 nitrogen and oxygen atoms in total. The molecule has 2 amide bonds. The van der Waals surface area contributed by atoms with Crippen molar-refractivity contribution in [3.8, 4) is 28.5 Å². The number of anilines is 1. The summed E-state index contributed by atoms with van der Waals surface area (Å²) in [6.45, 7) is 12.4. The van der Waals surface area contributed by atoms with E-state index < -0.39 is 11.0 Å². The SMILES string of the molecule is CC(C)Oc1ccc(-c2n[nH]c3ccc(NC(=O)[C@]4(C)CCN(CC(=O)N5CC=C(c6ccc(-c7ncn(CC(C)(C)O)n7)cc6)CC5)C4)cc23)cn1. The lowest BCUT2D eigenvalue weighted by atomic mass is 9.88. The molecule has 0 unspecified atom stereocenters. The summed E-state index contributed by atoms with van der Waals surface area (Å²) in [6.07, 6.45) is 6.97. The van der Waals surface area contributed by atoms with Gasteiger partial charge in [-0.05, 0) is 89.4 Å². The number of amides is 2. The maximum Gasteiger partial charge on any atom is 0.237 e. The third-order valence-electron chi connectivity index (χ3n) is 9.81. The van der Waals surface area contributed by atoms with Crippen LogP contribution in [0.25, 0.3) is 39.1 Å². The first-order chi connectivity index (χ1) is 25.3. The van der Waals surface area contributed by atoms with E-state index in [1.54, 1.807) is 31.1 Å². The van der Waals surface area contributed by atoms with Gasteiger partial charge >= 0.3 is 0 Å². The van der Waals surface area contributed by atoms with Gasteiger partial charge in [-0.1, -0.05) is 30.3 Å². The maximum atomic E-state index is 13.6. The van der Waals surface area contributed by atoms with Gasteiger partial charge in [-0.2, -0.15) is 10.2 Å². The van der Waals surface area contributed by atoms with Gasteiger partial charge in [0.2, 0.25) is 17.7 Å². The van der Waals surface area contributed by atoms with Crippen LogP contribution in [-0.4, -0.2) is 101 Å². The highest BCUT2D eigenvalue weighted by molar-refractivity contribution is 6.00. The molecule has 5 aromatic rings. The Labute approximate surface area is 309 Å². The number of aromatic amines is 1. The Hall–Kier alpha value is -5.40. The third-order valence-corrected chi connectivity index (χ3v) is 9.81. The highest BCUT2D eigenvalue weighted by atomic mass is 16.5. The normalized spacial score (nSPS) is 18.1. The van der Waals surface area contributed by atoms with Crippen molar-refractivity contribution >= 4 is 34.0 Å². The summed E-state index contributed by atoms with van der Waals surface area (Å²) in [4.78, 5) is 39.8. The molecule has 53 heavy (non-hydrogen) atoms. The number of rotatable bonds is 11. The van der Waals surface area contributed by atoms with Crippen LogP contribution in [0, 0.1) is 5.41 Å². The molecule has 0 aliphatic carbocycles. The zero-order valence-corrected chi connectivity index (χ0v) is 31.0. The molecule has 2 aliphatic heterocycles. The van der Waals surface area contributed by atoms with Crippen LogP contribution in [0.2, 0.25) is 0 Å². The fourth-order valence-electron chi connectivity index (χ4n) is 6.98. The van der Waals surface area contributed by atoms with Gasteiger partial charge in [0, 0.05) is 54.1 Å². The Kier molecular flexibility index (Phi) is 9.88. The van der Waals surface area contributed by atoms with Crippen LogP contribution < -0.4 is 10.1 Å². The number of hydrogen-bond acceptors (Lipinski definition) is 9. The predicted octanol–water partition coefficient (Wildman–Crippen LogP) is 5.41. The second-order valence-electron chi connectivity index (χ2n) is 15.3. The number of likely N-dealkylation sites (tertiary alicyclic amines) is 1. The molecule has 2 aliphatic rings. The summed E-state index contributed by atoms with van der Waals surface area (Å²) in [7, 11) is 0. The molecule has 276 valence electrons. The molecule has 1 atom stereocenters. The van der Waals surface area contributed by atoms with Crippen molar-refractivity contribution in [1.82, 2.24) is 39.7 Å². The largest absolute Gasteiger partial charge is 0.475 e. The molecule has 3 N–H and O–H groups in total. The fraction of sp³-hybridized carbons (Fsp3) is 0.400. The average Bonchev–Trinajstić information content (AvgIpc) is 3.87. The molecule has 13 heteroatoms. The number of fused-ring (bicyclic) bond motifs is 1. The van der Waals surface area contributed by atoms with E-state index in [1.165, 1.54) is 5.57 Å². The minimum absolute atomic E-state index is 0.0345. The van der Waals surface area contributed by atoms with Gasteiger partial charge in [0.1, 0.15) is 12.0 Å². The van der Waals surface area contributed by atoms with Gasteiger partial charge < -0.3 is 20.1 Å². The van der Waals surface area contributed by atoms with Crippen molar-refractivity contribution in [1.29, 1.82) is 0 Å². The van der Waals surface area contributed by atoms with Crippen LogP contribution in [0.5, 0.6) is 5.88 Å². The number of ether oxygens (including phenoxy) is 1. The van der Waals surface area contributed by atoms with E-state index in [-0.39, 0.29) is 24.5 Å². The van der Waals surface area contributed by atoms with Gasteiger partial charge in [-0.3, -0.25) is 19.6 Å². The zero-order valence-electron chi connectivity index (χ0n) is 31.0. The third kappa shape index (κ3) is 8.31. The van der Waals surface area contributed by atoms with Gasteiger partial charge in [0.15, 0.2) is 5.82 Å². The van der Waals surface area contributed by atoms with Crippen molar-refractivity contribution in [2.24, 2.45) is 5.41 Å². The van der Waals surface area contributed by atoms with Crippen molar-refractivity contribution in [2.75, 3.05) is 38.0 Å². The first kappa shape index (κ1) is 36.0. The van der Waals surface area contributed by atoms with E-state index in [2.05, 4.69) is 53.7 Å². The number of carbonyl (C=O) groups is 2. The van der Waals surface area contributed by atoms with E-state index in [1.807, 2.05) is 68.1 Å². The number of pyridine rings is 1. The van der Waals surface area contributed by atoms with E-state index in [0.717, 1.165) is 39.7 Å². The smallest absolute Gasteiger partial charge is 0.237 e. The minimum Gasteiger partial charge on any atom is -0.475 e.